The average Bonchev–Trinajstić information content (AvgIpc) is 3.19. The largest absolute Gasteiger partial charge is 0.462 e. The summed E-state index contributed by atoms with van der Waals surface area (Å²) in [5.41, 5.74) is 2.68. The Morgan fingerprint density at radius 1 is 1.15 bits per heavy atom. The minimum Gasteiger partial charge on any atom is -0.462 e. The van der Waals surface area contributed by atoms with E-state index in [-0.39, 0.29) is 18.1 Å². The third-order valence-electron chi connectivity index (χ3n) is 5.76. The number of fused-ring (bicyclic) bond motifs is 2. The second kappa shape index (κ2) is 9.16. The van der Waals surface area contributed by atoms with Gasteiger partial charge in [0, 0.05) is 19.4 Å². The van der Waals surface area contributed by atoms with Crippen molar-refractivity contribution in [1.82, 2.24) is 9.55 Å². The summed E-state index contributed by atoms with van der Waals surface area (Å²) < 4.78 is 8.55. The molecule has 0 spiro atoms. The third-order valence-corrected chi connectivity index (χ3v) is 8.10. The average molecular weight is 588 g/mol. The number of halogens is 2. The fourth-order valence-electron chi connectivity index (χ4n) is 4.31. The van der Waals surface area contributed by atoms with E-state index in [0.717, 1.165) is 50.6 Å². The minimum atomic E-state index is -0.381. The lowest BCUT2D eigenvalue weighted by atomic mass is 9.95. The van der Waals surface area contributed by atoms with Crippen molar-refractivity contribution in [2.75, 3.05) is 6.61 Å². The van der Waals surface area contributed by atoms with Crippen LogP contribution in [0.15, 0.2) is 56.2 Å². The summed E-state index contributed by atoms with van der Waals surface area (Å²) in [4.78, 5) is 33.2. The van der Waals surface area contributed by atoms with Gasteiger partial charge in [-0.1, -0.05) is 46.3 Å². The third kappa shape index (κ3) is 3.98. The van der Waals surface area contributed by atoms with Crippen LogP contribution in [0.1, 0.15) is 40.6 Å². The standard InChI is InChI=1S/C25H20Br2N2O3S/c1-2-32-25(31)20-16-10-6-7-11-19(16)33-24(20)29-22(14-8-4-3-5-9-14)28-21-17(23(29)30)12-15(26)13-18(21)27/h3-5,8-9,12-13H,2,6-7,10-11H2,1H3. The van der Waals surface area contributed by atoms with Crippen molar-refractivity contribution < 1.29 is 9.53 Å². The topological polar surface area (TPSA) is 61.2 Å². The molecule has 0 amide bonds. The van der Waals surface area contributed by atoms with Crippen molar-refractivity contribution in [1.29, 1.82) is 0 Å². The zero-order chi connectivity index (χ0) is 23.1. The van der Waals surface area contributed by atoms with E-state index in [2.05, 4.69) is 31.9 Å². The van der Waals surface area contributed by atoms with E-state index < -0.39 is 0 Å². The Morgan fingerprint density at radius 3 is 2.67 bits per heavy atom. The number of aryl methyl sites for hydroxylation is 1. The molecule has 0 radical (unpaired) electrons. The number of hydrogen-bond acceptors (Lipinski definition) is 5. The summed E-state index contributed by atoms with van der Waals surface area (Å²) in [6, 6.07) is 13.3. The first-order valence-electron chi connectivity index (χ1n) is 10.8. The molecule has 33 heavy (non-hydrogen) atoms. The normalized spacial score (nSPS) is 13.2. The molecule has 5 rings (SSSR count). The Kier molecular flexibility index (Phi) is 6.24. The maximum Gasteiger partial charge on any atom is 0.341 e. The van der Waals surface area contributed by atoms with Gasteiger partial charge >= 0.3 is 5.97 Å². The quantitative estimate of drug-likeness (QED) is 0.249. The summed E-state index contributed by atoms with van der Waals surface area (Å²) in [6.45, 7) is 2.07. The molecule has 0 atom stereocenters. The van der Waals surface area contributed by atoms with Crippen LogP contribution < -0.4 is 5.56 Å². The number of nitrogens with zero attached hydrogens (tertiary/aromatic N) is 2. The zero-order valence-electron chi connectivity index (χ0n) is 17.9. The molecule has 0 aliphatic heterocycles. The van der Waals surface area contributed by atoms with Crippen molar-refractivity contribution in [3.8, 4) is 16.4 Å². The van der Waals surface area contributed by atoms with Gasteiger partial charge in [-0.15, -0.1) is 11.3 Å². The molecule has 0 saturated heterocycles. The predicted octanol–water partition coefficient (Wildman–Crippen LogP) is 6.69. The Hall–Kier alpha value is -2.29. The van der Waals surface area contributed by atoms with Crippen LogP contribution in [0.5, 0.6) is 0 Å². The van der Waals surface area contributed by atoms with Crippen molar-refractivity contribution in [2.45, 2.75) is 32.6 Å². The molecule has 2 aromatic carbocycles. The fourth-order valence-corrected chi connectivity index (χ4v) is 7.00. The van der Waals surface area contributed by atoms with Crippen molar-refractivity contribution in [2.24, 2.45) is 0 Å². The summed E-state index contributed by atoms with van der Waals surface area (Å²) in [7, 11) is 0. The lowest BCUT2D eigenvalue weighted by molar-refractivity contribution is 0.0525. The first-order chi connectivity index (χ1) is 16.0. The van der Waals surface area contributed by atoms with E-state index in [1.54, 1.807) is 17.6 Å². The molecule has 0 fully saturated rings. The van der Waals surface area contributed by atoms with E-state index in [9.17, 15) is 9.59 Å². The van der Waals surface area contributed by atoms with E-state index in [4.69, 9.17) is 9.72 Å². The fraction of sp³-hybridized carbons (Fsp3) is 0.240. The smallest absolute Gasteiger partial charge is 0.341 e. The first-order valence-corrected chi connectivity index (χ1v) is 13.2. The highest BCUT2D eigenvalue weighted by Gasteiger charge is 2.30. The van der Waals surface area contributed by atoms with Crippen LogP contribution in [0.3, 0.4) is 0 Å². The number of benzene rings is 2. The summed E-state index contributed by atoms with van der Waals surface area (Å²) in [5, 5.41) is 1.06. The Bertz CT molecular complexity index is 1440. The molecule has 0 saturated carbocycles. The Labute approximate surface area is 211 Å². The number of esters is 1. The molecular formula is C25H20Br2N2O3S. The Morgan fingerprint density at radius 2 is 1.91 bits per heavy atom. The number of carbonyl (C=O) groups is 1. The predicted molar refractivity (Wildman–Crippen MR) is 139 cm³/mol. The van der Waals surface area contributed by atoms with Gasteiger partial charge in [0.05, 0.1) is 23.1 Å². The first kappa shape index (κ1) is 22.5. The van der Waals surface area contributed by atoms with Crippen LogP contribution >= 0.6 is 43.2 Å². The SMILES string of the molecule is CCOC(=O)c1c(-n2c(-c3ccccc3)nc3c(Br)cc(Br)cc3c2=O)sc2c1CCCC2. The highest BCUT2D eigenvalue weighted by molar-refractivity contribution is 9.11. The van der Waals surface area contributed by atoms with Crippen molar-refractivity contribution >= 4 is 60.1 Å². The monoisotopic (exact) mass is 586 g/mol. The lowest BCUT2D eigenvalue weighted by Gasteiger charge is -2.15. The van der Waals surface area contributed by atoms with Gasteiger partial charge in [-0.3, -0.25) is 4.79 Å². The Balaban J connectivity index is 1.91. The molecule has 2 aromatic heterocycles. The number of thiophene rings is 1. The van der Waals surface area contributed by atoms with Crippen LogP contribution in [-0.4, -0.2) is 22.1 Å². The molecule has 1 aliphatic rings. The van der Waals surface area contributed by atoms with Gasteiger partial charge in [0.25, 0.3) is 5.56 Å². The molecule has 2 heterocycles. The number of rotatable bonds is 4. The molecule has 168 valence electrons. The highest BCUT2D eigenvalue weighted by atomic mass is 79.9. The van der Waals surface area contributed by atoms with Gasteiger partial charge in [-0.25, -0.2) is 14.3 Å². The summed E-state index contributed by atoms with van der Waals surface area (Å²) in [5.74, 6) is 0.119. The van der Waals surface area contributed by atoms with E-state index in [1.165, 1.54) is 11.3 Å². The van der Waals surface area contributed by atoms with Gasteiger partial charge < -0.3 is 4.74 Å². The van der Waals surface area contributed by atoms with Gasteiger partial charge in [-0.05, 0) is 66.2 Å². The lowest BCUT2D eigenvalue weighted by Crippen LogP contribution is -2.23. The van der Waals surface area contributed by atoms with Crippen molar-refractivity contribution in [3.05, 3.63) is 77.8 Å². The summed E-state index contributed by atoms with van der Waals surface area (Å²) >= 11 is 8.56. The number of carbonyl (C=O) groups excluding carboxylic acids is 1. The van der Waals surface area contributed by atoms with Gasteiger partial charge in [-0.2, -0.15) is 0 Å². The second-order valence-corrected chi connectivity index (χ2v) is 10.7. The van der Waals surface area contributed by atoms with E-state index >= 15 is 0 Å². The molecule has 0 N–H and O–H groups in total. The van der Waals surface area contributed by atoms with Crippen LogP contribution in [0.4, 0.5) is 0 Å². The molecule has 8 heteroatoms. The maximum atomic E-state index is 14.0. The van der Waals surface area contributed by atoms with Gasteiger partial charge in [0.2, 0.25) is 0 Å². The molecule has 0 unspecified atom stereocenters. The molecule has 1 aliphatic carbocycles. The van der Waals surface area contributed by atoms with Crippen LogP contribution in [0, 0.1) is 0 Å². The number of hydrogen-bond donors (Lipinski definition) is 0. The number of ether oxygens (including phenoxy) is 1. The van der Waals surface area contributed by atoms with Gasteiger partial charge in [0.15, 0.2) is 0 Å². The molecule has 5 nitrogen and oxygen atoms in total. The van der Waals surface area contributed by atoms with Crippen LogP contribution in [-0.2, 0) is 17.6 Å². The highest BCUT2D eigenvalue weighted by Crippen LogP contribution is 2.39. The minimum absolute atomic E-state index is 0.218. The second-order valence-electron chi connectivity index (χ2n) is 7.84. The van der Waals surface area contributed by atoms with E-state index in [0.29, 0.717) is 27.3 Å². The van der Waals surface area contributed by atoms with Crippen molar-refractivity contribution in [3.63, 3.8) is 0 Å². The number of aromatic nitrogens is 2. The van der Waals surface area contributed by atoms with E-state index in [1.807, 2.05) is 36.4 Å². The summed E-state index contributed by atoms with van der Waals surface area (Å²) in [6.07, 6.45) is 3.81. The molecule has 0 bridgehead atoms. The molecular weight excluding hydrogens is 568 g/mol. The maximum absolute atomic E-state index is 14.0. The van der Waals surface area contributed by atoms with Gasteiger partial charge in [0.1, 0.15) is 10.8 Å². The zero-order valence-corrected chi connectivity index (χ0v) is 21.8. The van der Waals surface area contributed by atoms with Crippen LogP contribution in [0.25, 0.3) is 27.3 Å². The molecule has 4 aromatic rings. The van der Waals surface area contributed by atoms with Crippen LogP contribution in [0.2, 0.25) is 0 Å².